The minimum Gasteiger partial charge on any atom is -0.444 e. The number of carbonyl (C=O) groups is 2. The fraction of sp³-hybridized carbons (Fsp3) is 0.565. The summed E-state index contributed by atoms with van der Waals surface area (Å²) in [6.45, 7) is 6.42. The van der Waals surface area contributed by atoms with Gasteiger partial charge in [-0.05, 0) is 71.1 Å². The van der Waals surface area contributed by atoms with Gasteiger partial charge in [0, 0.05) is 17.6 Å². The Morgan fingerprint density at radius 2 is 2.06 bits per heavy atom. The largest absolute Gasteiger partial charge is 0.444 e. The van der Waals surface area contributed by atoms with Gasteiger partial charge in [0.15, 0.2) is 0 Å². The van der Waals surface area contributed by atoms with Crippen LogP contribution in [0, 0.1) is 22.7 Å². The molecule has 2 amide bonds. The molecular weight excluding hydrogens is 474 g/mol. The first-order valence-electron chi connectivity index (χ1n) is 10.8. The van der Waals surface area contributed by atoms with E-state index in [2.05, 4.69) is 38.7 Å². The van der Waals surface area contributed by atoms with Crippen molar-refractivity contribution >= 4 is 33.6 Å². The van der Waals surface area contributed by atoms with Crippen LogP contribution < -0.4 is 10.6 Å². The summed E-state index contributed by atoms with van der Waals surface area (Å²) in [6, 6.07) is 8.54. The zero-order chi connectivity index (χ0) is 23.7. The van der Waals surface area contributed by atoms with Crippen LogP contribution in [0.15, 0.2) is 22.7 Å². The van der Waals surface area contributed by atoms with Gasteiger partial charge in [-0.2, -0.15) is 10.5 Å². The number of halogens is 1. The zero-order valence-corrected chi connectivity index (χ0v) is 20.4. The Morgan fingerprint density at radius 3 is 2.72 bits per heavy atom. The molecule has 1 aliphatic rings. The van der Waals surface area contributed by atoms with E-state index < -0.39 is 23.8 Å². The fourth-order valence-corrected chi connectivity index (χ4v) is 3.89. The average molecular weight is 504 g/mol. The van der Waals surface area contributed by atoms with Crippen molar-refractivity contribution in [3.8, 4) is 12.1 Å². The molecule has 1 aromatic rings. The smallest absolute Gasteiger partial charge is 0.408 e. The fourth-order valence-electron chi connectivity index (χ4n) is 3.53. The van der Waals surface area contributed by atoms with Crippen molar-refractivity contribution in [1.82, 2.24) is 10.2 Å². The van der Waals surface area contributed by atoms with Crippen LogP contribution >= 0.6 is 15.9 Å². The van der Waals surface area contributed by atoms with Gasteiger partial charge in [0.05, 0.1) is 17.3 Å². The van der Waals surface area contributed by atoms with Gasteiger partial charge >= 0.3 is 6.09 Å². The third-order valence-corrected chi connectivity index (χ3v) is 5.50. The normalized spacial score (nSPS) is 16.6. The minimum absolute atomic E-state index is 0.244. The molecule has 9 heteroatoms. The average Bonchev–Trinajstić information content (AvgIpc) is 3.19. The number of nitrogens with zero attached hydrogens (tertiary/aromatic N) is 3. The highest BCUT2D eigenvalue weighted by molar-refractivity contribution is 9.10. The van der Waals surface area contributed by atoms with Crippen LogP contribution in [0.5, 0.6) is 0 Å². The highest BCUT2D eigenvalue weighted by Gasteiger charge is 2.34. The number of benzene rings is 1. The molecule has 1 heterocycles. The Kier molecular flexibility index (Phi) is 9.34. The number of amides is 2. The number of likely N-dealkylation sites (tertiary alicyclic amines) is 1. The first kappa shape index (κ1) is 25.5. The number of unbranched alkanes of at least 4 members (excludes halogenated alkanes) is 1. The zero-order valence-electron chi connectivity index (χ0n) is 18.8. The second-order valence-electron chi connectivity index (χ2n) is 8.74. The Hall–Kier alpha value is -2.78. The highest BCUT2D eigenvalue weighted by atomic mass is 79.9. The summed E-state index contributed by atoms with van der Waals surface area (Å²) < 4.78 is 6.20. The van der Waals surface area contributed by atoms with E-state index in [1.54, 1.807) is 31.7 Å². The van der Waals surface area contributed by atoms with Gasteiger partial charge in [0.2, 0.25) is 5.91 Å². The van der Waals surface area contributed by atoms with Crippen LogP contribution in [0.4, 0.5) is 10.5 Å². The molecule has 0 saturated carbocycles. The highest BCUT2D eigenvalue weighted by Crippen LogP contribution is 2.22. The third-order valence-electron chi connectivity index (χ3n) is 5.01. The molecule has 0 spiro atoms. The lowest BCUT2D eigenvalue weighted by molar-refractivity contribution is -0.133. The van der Waals surface area contributed by atoms with Gasteiger partial charge in [-0.1, -0.05) is 15.9 Å². The SMILES string of the molecule is CC(C)(C)OC(=O)N[C@@H](CCCCNc1cc(Br)ccc1C#N)C(=O)N1CCC[C@H]1C#N. The number of carbonyl (C=O) groups excluding carboxylic acids is 2. The molecule has 1 saturated heterocycles. The summed E-state index contributed by atoms with van der Waals surface area (Å²) in [5.41, 5.74) is 0.632. The summed E-state index contributed by atoms with van der Waals surface area (Å²) in [5.74, 6) is -0.244. The van der Waals surface area contributed by atoms with E-state index in [1.807, 2.05) is 12.1 Å². The van der Waals surface area contributed by atoms with E-state index in [1.165, 1.54) is 0 Å². The number of nitriles is 2. The molecule has 32 heavy (non-hydrogen) atoms. The standard InChI is InChI=1S/C23H30BrN5O3/c1-23(2,3)32-22(31)28-19(21(30)29-12-6-7-18(29)15-26)8-4-5-11-27-20-13-17(24)10-9-16(20)14-25/h9-10,13,18-19,27H,4-8,11-12H2,1-3H3,(H,28,31)/t18-,19-/m0/s1. The summed E-state index contributed by atoms with van der Waals surface area (Å²) in [4.78, 5) is 26.9. The van der Waals surface area contributed by atoms with Crippen LogP contribution in [-0.4, -0.2) is 47.7 Å². The molecule has 1 aliphatic heterocycles. The van der Waals surface area contributed by atoms with Crippen molar-refractivity contribution in [3.63, 3.8) is 0 Å². The molecule has 0 aromatic heterocycles. The first-order chi connectivity index (χ1) is 15.1. The molecule has 8 nitrogen and oxygen atoms in total. The van der Waals surface area contributed by atoms with Gasteiger partial charge < -0.3 is 20.3 Å². The lowest BCUT2D eigenvalue weighted by atomic mass is 10.1. The molecule has 0 bridgehead atoms. The number of rotatable bonds is 8. The molecule has 0 aliphatic carbocycles. The van der Waals surface area contributed by atoms with Gasteiger partial charge in [-0.25, -0.2) is 4.79 Å². The molecule has 1 aromatic carbocycles. The monoisotopic (exact) mass is 503 g/mol. The molecule has 1 fully saturated rings. The summed E-state index contributed by atoms with van der Waals surface area (Å²) in [7, 11) is 0. The van der Waals surface area contributed by atoms with Crippen molar-refractivity contribution in [2.24, 2.45) is 0 Å². The maximum Gasteiger partial charge on any atom is 0.408 e. The summed E-state index contributed by atoms with van der Waals surface area (Å²) in [5, 5.41) is 24.5. The number of alkyl carbamates (subject to hydrolysis) is 1. The van der Waals surface area contributed by atoms with Crippen LogP contribution in [-0.2, 0) is 9.53 Å². The van der Waals surface area contributed by atoms with Crippen LogP contribution in [0.3, 0.4) is 0 Å². The molecule has 2 atom stereocenters. The van der Waals surface area contributed by atoms with E-state index in [4.69, 9.17) is 4.74 Å². The maximum atomic E-state index is 13.1. The predicted molar refractivity (Wildman–Crippen MR) is 125 cm³/mol. The minimum atomic E-state index is -0.751. The van der Waals surface area contributed by atoms with Crippen molar-refractivity contribution in [3.05, 3.63) is 28.2 Å². The van der Waals surface area contributed by atoms with Gasteiger partial charge in [0.1, 0.15) is 23.8 Å². The third kappa shape index (κ3) is 7.72. The van der Waals surface area contributed by atoms with Crippen LogP contribution in [0.1, 0.15) is 58.4 Å². The molecule has 172 valence electrons. The molecular formula is C23H30BrN5O3. The Labute approximate surface area is 198 Å². The molecule has 2 rings (SSSR count). The number of anilines is 1. The van der Waals surface area contributed by atoms with Crippen molar-refractivity contribution in [1.29, 1.82) is 10.5 Å². The Bertz CT molecular complexity index is 900. The molecule has 2 N–H and O–H groups in total. The lowest BCUT2D eigenvalue weighted by Crippen LogP contribution is -2.50. The second kappa shape index (κ2) is 11.7. The van der Waals surface area contributed by atoms with Crippen molar-refractivity contribution in [2.75, 3.05) is 18.4 Å². The van der Waals surface area contributed by atoms with Gasteiger partial charge in [0.25, 0.3) is 0 Å². The Morgan fingerprint density at radius 1 is 1.31 bits per heavy atom. The second-order valence-corrected chi connectivity index (χ2v) is 9.66. The van der Waals surface area contributed by atoms with Crippen LogP contribution in [0.25, 0.3) is 0 Å². The first-order valence-corrected chi connectivity index (χ1v) is 11.6. The Balaban J connectivity index is 1.95. The van der Waals surface area contributed by atoms with E-state index in [0.717, 1.165) is 23.0 Å². The van der Waals surface area contributed by atoms with E-state index >= 15 is 0 Å². The van der Waals surface area contributed by atoms with Gasteiger partial charge in [-0.15, -0.1) is 0 Å². The summed E-state index contributed by atoms with van der Waals surface area (Å²) in [6.07, 6.45) is 2.62. The molecule has 0 radical (unpaired) electrons. The van der Waals surface area contributed by atoms with Crippen molar-refractivity contribution in [2.45, 2.75) is 70.6 Å². The van der Waals surface area contributed by atoms with Crippen molar-refractivity contribution < 1.29 is 14.3 Å². The van der Waals surface area contributed by atoms with E-state index in [0.29, 0.717) is 37.9 Å². The number of nitrogens with one attached hydrogen (secondary N) is 2. The van der Waals surface area contributed by atoms with Gasteiger partial charge in [-0.3, -0.25) is 4.79 Å². The number of hydrogen-bond acceptors (Lipinski definition) is 6. The summed E-state index contributed by atoms with van der Waals surface area (Å²) >= 11 is 3.40. The quantitative estimate of drug-likeness (QED) is 0.510. The van der Waals surface area contributed by atoms with Crippen LogP contribution in [0.2, 0.25) is 0 Å². The topological polar surface area (TPSA) is 118 Å². The molecule has 0 unspecified atom stereocenters. The van der Waals surface area contributed by atoms with E-state index in [-0.39, 0.29) is 5.91 Å². The lowest BCUT2D eigenvalue weighted by Gasteiger charge is -2.27. The maximum absolute atomic E-state index is 13.1. The number of ether oxygens (including phenoxy) is 1. The number of hydrogen-bond donors (Lipinski definition) is 2. The van der Waals surface area contributed by atoms with E-state index in [9.17, 15) is 20.1 Å². The predicted octanol–water partition coefficient (Wildman–Crippen LogP) is 4.31.